The van der Waals surface area contributed by atoms with Crippen LogP contribution in [-0.2, 0) is 4.79 Å². The van der Waals surface area contributed by atoms with Gasteiger partial charge in [-0.25, -0.2) is 9.59 Å². The van der Waals surface area contributed by atoms with Crippen LogP contribution < -0.4 is 20.4 Å². The van der Waals surface area contributed by atoms with Crippen LogP contribution in [0.5, 0.6) is 11.5 Å². The fourth-order valence-electron chi connectivity index (χ4n) is 2.59. The van der Waals surface area contributed by atoms with E-state index in [4.69, 9.17) is 37.1 Å². The second kappa shape index (κ2) is 9.85. The molecule has 0 spiro atoms. The van der Waals surface area contributed by atoms with Gasteiger partial charge in [0.2, 0.25) is 0 Å². The third kappa shape index (κ3) is 5.99. The zero-order valence-electron chi connectivity index (χ0n) is 16.7. The SMILES string of the molecule is CC(C)CNC(=O)c1cc2ccc(OC(=O)COc3cc(Cl)ccc3Cl)cc2oc1=O. The number of halogens is 2. The molecule has 0 atom stereocenters. The van der Waals surface area contributed by atoms with E-state index in [1.165, 1.54) is 24.3 Å². The number of ether oxygens (including phenoxy) is 2. The second-order valence-electron chi connectivity index (χ2n) is 7.09. The fourth-order valence-corrected chi connectivity index (χ4v) is 2.92. The summed E-state index contributed by atoms with van der Waals surface area (Å²) in [4.78, 5) is 36.5. The van der Waals surface area contributed by atoms with Gasteiger partial charge in [-0.2, -0.15) is 0 Å². The molecule has 0 aliphatic carbocycles. The van der Waals surface area contributed by atoms with E-state index in [1.54, 1.807) is 18.2 Å². The Morgan fingerprint density at radius 1 is 1.10 bits per heavy atom. The molecule has 0 saturated carbocycles. The molecule has 0 aliphatic heterocycles. The van der Waals surface area contributed by atoms with Crippen molar-refractivity contribution in [3.63, 3.8) is 0 Å². The summed E-state index contributed by atoms with van der Waals surface area (Å²) >= 11 is 11.9. The highest BCUT2D eigenvalue weighted by Crippen LogP contribution is 2.27. The highest BCUT2D eigenvalue weighted by molar-refractivity contribution is 6.34. The van der Waals surface area contributed by atoms with Crippen molar-refractivity contribution in [2.45, 2.75) is 13.8 Å². The molecule has 31 heavy (non-hydrogen) atoms. The lowest BCUT2D eigenvalue weighted by molar-refractivity contribution is -0.136. The van der Waals surface area contributed by atoms with Gasteiger partial charge in [0.15, 0.2) is 6.61 Å². The van der Waals surface area contributed by atoms with Gasteiger partial charge in [0.05, 0.1) is 5.02 Å². The van der Waals surface area contributed by atoms with E-state index in [9.17, 15) is 14.4 Å². The number of fused-ring (bicyclic) bond motifs is 1. The molecule has 0 bridgehead atoms. The molecule has 3 rings (SSSR count). The molecule has 1 aromatic heterocycles. The topological polar surface area (TPSA) is 94.8 Å². The van der Waals surface area contributed by atoms with E-state index in [0.29, 0.717) is 22.0 Å². The van der Waals surface area contributed by atoms with Crippen molar-refractivity contribution in [3.8, 4) is 11.5 Å². The first-order chi connectivity index (χ1) is 14.7. The van der Waals surface area contributed by atoms with Gasteiger partial charge in [0.25, 0.3) is 5.91 Å². The average molecular weight is 464 g/mol. The summed E-state index contributed by atoms with van der Waals surface area (Å²) < 4.78 is 15.8. The Labute approximate surface area is 187 Å². The number of nitrogens with one attached hydrogen (secondary N) is 1. The Morgan fingerprint density at radius 2 is 1.87 bits per heavy atom. The first-order valence-corrected chi connectivity index (χ1v) is 10.1. The number of hydrogen-bond acceptors (Lipinski definition) is 6. The molecule has 0 radical (unpaired) electrons. The van der Waals surface area contributed by atoms with Gasteiger partial charge >= 0.3 is 11.6 Å². The Kier molecular flexibility index (Phi) is 7.20. The third-order valence-electron chi connectivity index (χ3n) is 4.09. The summed E-state index contributed by atoms with van der Waals surface area (Å²) in [5, 5.41) is 3.90. The lowest BCUT2D eigenvalue weighted by Gasteiger charge is -2.09. The predicted molar refractivity (Wildman–Crippen MR) is 117 cm³/mol. The van der Waals surface area contributed by atoms with Gasteiger partial charge < -0.3 is 19.2 Å². The Hall–Kier alpha value is -3.03. The smallest absolute Gasteiger partial charge is 0.349 e. The quantitative estimate of drug-likeness (QED) is 0.315. The molecular weight excluding hydrogens is 445 g/mol. The summed E-state index contributed by atoms with van der Waals surface area (Å²) in [5.74, 6) is -0.552. The van der Waals surface area contributed by atoms with Crippen molar-refractivity contribution in [1.29, 1.82) is 0 Å². The first-order valence-electron chi connectivity index (χ1n) is 9.37. The summed E-state index contributed by atoms with van der Waals surface area (Å²) in [6.07, 6.45) is 0. The number of hydrogen-bond donors (Lipinski definition) is 1. The van der Waals surface area contributed by atoms with Crippen LogP contribution in [0.15, 0.2) is 51.7 Å². The predicted octanol–water partition coefficient (Wildman–Crippen LogP) is 4.47. The molecule has 0 aliphatic rings. The highest BCUT2D eigenvalue weighted by atomic mass is 35.5. The van der Waals surface area contributed by atoms with Crippen LogP contribution in [0, 0.1) is 5.92 Å². The van der Waals surface area contributed by atoms with Crippen LogP contribution in [-0.4, -0.2) is 25.0 Å². The van der Waals surface area contributed by atoms with Crippen LogP contribution in [0.1, 0.15) is 24.2 Å². The number of carbonyl (C=O) groups excluding carboxylic acids is 2. The van der Waals surface area contributed by atoms with Crippen LogP contribution in [0.25, 0.3) is 11.0 Å². The lowest BCUT2D eigenvalue weighted by atomic mass is 10.1. The van der Waals surface area contributed by atoms with Crippen LogP contribution in [0.4, 0.5) is 0 Å². The number of amides is 1. The molecule has 9 heteroatoms. The molecular formula is C22H19Cl2NO6. The highest BCUT2D eigenvalue weighted by Gasteiger charge is 2.15. The van der Waals surface area contributed by atoms with E-state index in [0.717, 1.165) is 0 Å². The number of rotatable bonds is 7. The van der Waals surface area contributed by atoms with E-state index >= 15 is 0 Å². The van der Waals surface area contributed by atoms with Gasteiger partial charge in [0, 0.05) is 29.1 Å². The second-order valence-corrected chi connectivity index (χ2v) is 7.93. The molecule has 0 unspecified atom stereocenters. The first kappa shape index (κ1) is 22.7. The maximum Gasteiger partial charge on any atom is 0.349 e. The monoisotopic (exact) mass is 463 g/mol. The van der Waals surface area contributed by atoms with Gasteiger partial charge in [-0.05, 0) is 36.2 Å². The molecule has 7 nitrogen and oxygen atoms in total. The largest absolute Gasteiger partial charge is 0.480 e. The molecule has 1 N–H and O–H groups in total. The van der Waals surface area contributed by atoms with E-state index in [-0.39, 0.29) is 28.6 Å². The Bertz CT molecular complexity index is 1190. The molecule has 0 saturated heterocycles. The van der Waals surface area contributed by atoms with Crippen LogP contribution >= 0.6 is 23.2 Å². The van der Waals surface area contributed by atoms with Crippen molar-refractivity contribution < 1.29 is 23.5 Å². The number of esters is 1. The zero-order valence-corrected chi connectivity index (χ0v) is 18.3. The van der Waals surface area contributed by atoms with Crippen molar-refractivity contribution in [3.05, 3.63) is 68.5 Å². The number of benzene rings is 2. The minimum absolute atomic E-state index is 0.0929. The van der Waals surface area contributed by atoms with Crippen molar-refractivity contribution >= 4 is 46.0 Å². The maximum atomic E-state index is 12.2. The Morgan fingerprint density at radius 3 is 2.61 bits per heavy atom. The minimum Gasteiger partial charge on any atom is -0.480 e. The summed E-state index contributed by atoms with van der Waals surface area (Å²) in [6, 6.07) is 10.5. The fraction of sp³-hybridized carbons (Fsp3) is 0.227. The summed E-state index contributed by atoms with van der Waals surface area (Å²) in [6.45, 7) is 3.92. The normalized spacial score (nSPS) is 10.9. The minimum atomic E-state index is -0.781. The lowest BCUT2D eigenvalue weighted by Crippen LogP contribution is -2.31. The molecule has 0 fully saturated rings. The van der Waals surface area contributed by atoms with Crippen molar-refractivity contribution in [2.75, 3.05) is 13.2 Å². The van der Waals surface area contributed by atoms with Crippen LogP contribution in [0.2, 0.25) is 10.0 Å². The van der Waals surface area contributed by atoms with E-state index in [1.807, 2.05) is 13.8 Å². The molecule has 1 heterocycles. The molecule has 1 amide bonds. The standard InChI is InChI=1S/C22H19Cl2NO6/c1-12(2)10-25-21(27)16-7-13-3-5-15(9-18(13)31-22(16)28)30-20(26)11-29-19-8-14(23)4-6-17(19)24/h3-9,12H,10-11H2,1-2H3,(H,25,27). The third-order valence-corrected chi connectivity index (χ3v) is 4.64. The van der Waals surface area contributed by atoms with Crippen molar-refractivity contribution in [2.24, 2.45) is 5.92 Å². The zero-order chi connectivity index (χ0) is 22.5. The molecule has 162 valence electrons. The summed E-state index contributed by atoms with van der Waals surface area (Å²) in [5.41, 5.74) is -0.699. The van der Waals surface area contributed by atoms with Crippen LogP contribution in [0.3, 0.4) is 0 Å². The summed E-state index contributed by atoms with van der Waals surface area (Å²) in [7, 11) is 0. The van der Waals surface area contributed by atoms with Crippen molar-refractivity contribution in [1.82, 2.24) is 5.32 Å². The molecule has 2 aromatic carbocycles. The van der Waals surface area contributed by atoms with Gasteiger partial charge in [-0.1, -0.05) is 37.0 Å². The van der Waals surface area contributed by atoms with E-state index < -0.39 is 24.1 Å². The molecule has 3 aromatic rings. The van der Waals surface area contributed by atoms with Gasteiger partial charge in [-0.3, -0.25) is 4.79 Å². The Balaban J connectivity index is 1.70. The maximum absolute atomic E-state index is 12.2. The average Bonchev–Trinajstić information content (AvgIpc) is 2.72. The van der Waals surface area contributed by atoms with E-state index in [2.05, 4.69) is 5.32 Å². The number of carbonyl (C=O) groups is 2. The van der Waals surface area contributed by atoms with Gasteiger partial charge in [0.1, 0.15) is 22.6 Å². The van der Waals surface area contributed by atoms with Gasteiger partial charge in [-0.15, -0.1) is 0 Å².